The van der Waals surface area contributed by atoms with Gasteiger partial charge in [0.05, 0.1) is 26.4 Å². The number of amides is 1. The summed E-state index contributed by atoms with van der Waals surface area (Å²) in [5.41, 5.74) is 0.927. The molecule has 1 amide bonds. The Bertz CT molecular complexity index is 766. The molecule has 0 saturated carbocycles. The number of benzene rings is 2. The summed E-state index contributed by atoms with van der Waals surface area (Å²) in [5, 5.41) is 2.96. The Kier molecular flexibility index (Phi) is 8.59. The van der Waals surface area contributed by atoms with Crippen LogP contribution in [0, 0.1) is 5.82 Å². The Morgan fingerprint density at radius 2 is 1.82 bits per heavy atom. The van der Waals surface area contributed by atoms with Gasteiger partial charge in [-0.1, -0.05) is 25.1 Å². The van der Waals surface area contributed by atoms with Crippen LogP contribution in [0.5, 0.6) is 17.2 Å². The minimum atomic E-state index is -0.402. The third-order valence-electron chi connectivity index (χ3n) is 4.17. The minimum absolute atomic E-state index is 0.0880. The van der Waals surface area contributed by atoms with Crippen molar-refractivity contribution in [1.82, 2.24) is 5.32 Å². The van der Waals surface area contributed by atoms with Gasteiger partial charge >= 0.3 is 0 Å². The number of halogens is 1. The normalized spacial score (nSPS) is 11.6. The van der Waals surface area contributed by atoms with Gasteiger partial charge < -0.3 is 19.5 Å². The minimum Gasteiger partial charge on any atom is -0.493 e. The molecule has 1 atom stereocenters. The monoisotopic (exact) mass is 389 g/mol. The summed E-state index contributed by atoms with van der Waals surface area (Å²) in [7, 11) is 1.59. The topological polar surface area (TPSA) is 56.8 Å². The maximum absolute atomic E-state index is 13.5. The Balaban J connectivity index is 1.80. The predicted molar refractivity (Wildman–Crippen MR) is 106 cm³/mol. The summed E-state index contributed by atoms with van der Waals surface area (Å²) in [6, 6.07) is 11.7. The first kappa shape index (κ1) is 21.5. The van der Waals surface area contributed by atoms with Gasteiger partial charge in [0.1, 0.15) is 0 Å². The molecule has 0 radical (unpaired) electrons. The average Bonchev–Trinajstić information content (AvgIpc) is 2.70. The van der Waals surface area contributed by atoms with Gasteiger partial charge in [-0.3, -0.25) is 4.79 Å². The van der Waals surface area contributed by atoms with Crippen molar-refractivity contribution in [3.05, 3.63) is 53.8 Å². The molecule has 0 saturated heterocycles. The number of methoxy groups -OCH3 is 1. The first-order valence-electron chi connectivity index (χ1n) is 9.52. The molecule has 28 heavy (non-hydrogen) atoms. The number of carbonyl (C=O) groups excluding carboxylic acids is 1. The zero-order valence-electron chi connectivity index (χ0n) is 16.7. The summed E-state index contributed by atoms with van der Waals surface area (Å²) in [6.07, 6.45) is 1.71. The van der Waals surface area contributed by atoms with E-state index in [1.165, 1.54) is 6.07 Å². The fourth-order valence-electron chi connectivity index (χ4n) is 2.66. The van der Waals surface area contributed by atoms with Gasteiger partial charge in [-0.15, -0.1) is 0 Å². The van der Waals surface area contributed by atoms with Crippen LogP contribution in [0.15, 0.2) is 42.5 Å². The van der Waals surface area contributed by atoms with Gasteiger partial charge in [-0.2, -0.15) is 0 Å². The molecule has 6 heteroatoms. The first-order valence-corrected chi connectivity index (χ1v) is 9.52. The number of rotatable bonds is 11. The van der Waals surface area contributed by atoms with Gasteiger partial charge in [0.2, 0.25) is 5.91 Å². The van der Waals surface area contributed by atoms with E-state index in [9.17, 15) is 9.18 Å². The lowest BCUT2D eigenvalue weighted by Gasteiger charge is -2.17. The number of ether oxygens (including phenoxy) is 3. The molecule has 0 aromatic heterocycles. The molecule has 2 aromatic rings. The van der Waals surface area contributed by atoms with Crippen molar-refractivity contribution in [2.45, 2.75) is 39.2 Å². The van der Waals surface area contributed by atoms with Crippen LogP contribution in [0.2, 0.25) is 0 Å². The SMILES string of the molecule is CCCOc1ccc(C(C)NC(=O)CCCOc2ccccc2F)cc1OC. The summed E-state index contributed by atoms with van der Waals surface area (Å²) in [5.74, 6) is 1.05. The molecule has 1 N–H and O–H groups in total. The van der Waals surface area contributed by atoms with Gasteiger partial charge in [-0.05, 0) is 49.6 Å². The van der Waals surface area contributed by atoms with E-state index in [2.05, 4.69) is 5.32 Å². The van der Waals surface area contributed by atoms with Crippen molar-refractivity contribution in [2.24, 2.45) is 0 Å². The van der Waals surface area contributed by atoms with Gasteiger partial charge in [0.25, 0.3) is 0 Å². The van der Waals surface area contributed by atoms with E-state index in [1.807, 2.05) is 32.0 Å². The first-order chi connectivity index (χ1) is 13.5. The van der Waals surface area contributed by atoms with Crippen LogP contribution in [0.25, 0.3) is 0 Å². The molecule has 2 rings (SSSR count). The number of para-hydroxylation sites is 1. The zero-order chi connectivity index (χ0) is 20.4. The number of carbonyl (C=O) groups is 1. The summed E-state index contributed by atoms with van der Waals surface area (Å²) >= 11 is 0. The zero-order valence-corrected chi connectivity index (χ0v) is 16.7. The van der Waals surface area contributed by atoms with Crippen molar-refractivity contribution in [3.8, 4) is 17.2 Å². The Morgan fingerprint density at radius 1 is 1.07 bits per heavy atom. The lowest BCUT2D eigenvalue weighted by atomic mass is 10.1. The standard InChI is InChI=1S/C22H28FNO4/c1-4-13-27-20-12-11-17(15-21(20)26-3)16(2)24-22(25)10-7-14-28-19-9-6-5-8-18(19)23/h5-6,8-9,11-12,15-16H,4,7,10,13-14H2,1-3H3,(H,24,25). The summed E-state index contributed by atoms with van der Waals surface area (Å²) in [6.45, 7) is 4.85. The highest BCUT2D eigenvalue weighted by molar-refractivity contribution is 5.76. The molecule has 0 aliphatic rings. The van der Waals surface area contributed by atoms with Crippen molar-refractivity contribution in [2.75, 3.05) is 20.3 Å². The van der Waals surface area contributed by atoms with Crippen LogP contribution in [0.1, 0.15) is 44.7 Å². The van der Waals surface area contributed by atoms with Gasteiger partial charge in [0, 0.05) is 6.42 Å². The average molecular weight is 389 g/mol. The molecule has 152 valence electrons. The maximum Gasteiger partial charge on any atom is 0.220 e. The number of nitrogens with one attached hydrogen (secondary N) is 1. The Labute approximate surface area is 165 Å². The van der Waals surface area contributed by atoms with E-state index in [0.717, 1.165) is 12.0 Å². The molecule has 0 aliphatic heterocycles. The highest BCUT2D eigenvalue weighted by atomic mass is 19.1. The molecule has 1 unspecified atom stereocenters. The van der Waals surface area contributed by atoms with Crippen LogP contribution < -0.4 is 19.5 Å². The van der Waals surface area contributed by atoms with Crippen LogP contribution in [-0.4, -0.2) is 26.2 Å². The molecule has 2 aromatic carbocycles. The second-order valence-corrected chi connectivity index (χ2v) is 6.43. The lowest BCUT2D eigenvalue weighted by Crippen LogP contribution is -2.26. The fourth-order valence-corrected chi connectivity index (χ4v) is 2.66. The highest BCUT2D eigenvalue weighted by Crippen LogP contribution is 2.30. The smallest absolute Gasteiger partial charge is 0.220 e. The summed E-state index contributed by atoms with van der Waals surface area (Å²) < 4.78 is 29.9. The third kappa shape index (κ3) is 6.44. The molecular formula is C22H28FNO4. The molecule has 0 aliphatic carbocycles. The van der Waals surface area contributed by atoms with E-state index in [4.69, 9.17) is 14.2 Å². The molecule has 0 bridgehead atoms. The van der Waals surface area contributed by atoms with Gasteiger partial charge in [-0.25, -0.2) is 4.39 Å². The molecule has 0 spiro atoms. The molecule has 5 nitrogen and oxygen atoms in total. The highest BCUT2D eigenvalue weighted by Gasteiger charge is 2.13. The predicted octanol–water partition coefficient (Wildman–Crippen LogP) is 4.66. The molecular weight excluding hydrogens is 361 g/mol. The molecule has 0 fully saturated rings. The van der Waals surface area contributed by atoms with Crippen molar-refractivity contribution in [1.29, 1.82) is 0 Å². The van der Waals surface area contributed by atoms with Crippen LogP contribution in [-0.2, 0) is 4.79 Å². The van der Waals surface area contributed by atoms with Crippen molar-refractivity contribution >= 4 is 5.91 Å². The van der Waals surface area contributed by atoms with E-state index in [0.29, 0.717) is 30.9 Å². The number of hydrogen-bond acceptors (Lipinski definition) is 4. The van der Waals surface area contributed by atoms with Crippen LogP contribution in [0.3, 0.4) is 0 Å². The quantitative estimate of drug-likeness (QED) is 0.568. The summed E-state index contributed by atoms with van der Waals surface area (Å²) in [4.78, 5) is 12.2. The largest absolute Gasteiger partial charge is 0.493 e. The lowest BCUT2D eigenvalue weighted by molar-refractivity contribution is -0.121. The third-order valence-corrected chi connectivity index (χ3v) is 4.17. The molecule has 0 heterocycles. The van der Waals surface area contributed by atoms with Crippen molar-refractivity contribution in [3.63, 3.8) is 0 Å². The van der Waals surface area contributed by atoms with E-state index in [1.54, 1.807) is 25.3 Å². The van der Waals surface area contributed by atoms with E-state index >= 15 is 0 Å². The van der Waals surface area contributed by atoms with E-state index in [-0.39, 0.29) is 24.3 Å². The number of hydrogen-bond donors (Lipinski definition) is 1. The van der Waals surface area contributed by atoms with Gasteiger partial charge in [0.15, 0.2) is 23.1 Å². The second-order valence-electron chi connectivity index (χ2n) is 6.43. The maximum atomic E-state index is 13.5. The van der Waals surface area contributed by atoms with Crippen LogP contribution in [0.4, 0.5) is 4.39 Å². The second kappa shape index (κ2) is 11.2. The fraction of sp³-hybridized carbons (Fsp3) is 0.409. The Morgan fingerprint density at radius 3 is 2.54 bits per heavy atom. The Hall–Kier alpha value is -2.76. The van der Waals surface area contributed by atoms with Crippen molar-refractivity contribution < 1.29 is 23.4 Å². The van der Waals surface area contributed by atoms with Crippen LogP contribution >= 0.6 is 0 Å². The van der Waals surface area contributed by atoms with E-state index < -0.39 is 5.82 Å².